The number of methoxy groups -OCH3 is 3. The van der Waals surface area contributed by atoms with Gasteiger partial charge in [-0.15, -0.1) is 0 Å². The first-order valence-electron chi connectivity index (χ1n) is 11.1. The van der Waals surface area contributed by atoms with Crippen molar-refractivity contribution in [3.8, 4) is 17.2 Å². The van der Waals surface area contributed by atoms with E-state index in [-0.39, 0.29) is 0 Å². The highest BCUT2D eigenvalue weighted by atomic mass is 16.7. The third-order valence-corrected chi connectivity index (χ3v) is 6.49. The van der Waals surface area contributed by atoms with Gasteiger partial charge in [0.15, 0.2) is 0 Å². The highest BCUT2D eigenvalue weighted by Crippen LogP contribution is 2.48. The van der Waals surface area contributed by atoms with E-state index in [0.717, 1.165) is 25.7 Å². The Balaban J connectivity index is 1.85. The maximum absolute atomic E-state index is 13.2. The quantitative estimate of drug-likeness (QED) is 0.624. The van der Waals surface area contributed by atoms with E-state index in [2.05, 4.69) is 0 Å². The number of benzene rings is 2. The molecular formula is C26H30O6. The van der Waals surface area contributed by atoms with Gasteiger partial charge in [-0.2, -0.15) is 0 Å². The van der Waals surface area contributed by atoms with Gasteiger partial charge in [0.05, 0.1) is 26.9 Å². The van der Waals surface area contributed by atoms with Gasteiger partial charge >= 0.3 is 5.97 Å². The molecule has 6 heteroatoms. The number of esters is 1. The fraction of sp³-hybridized carbons (Fsp3) is 0.423. The van der Waals surface area contributed by atoms with Crippen molar-refractivity contribution in [2.24, 2.45) is 5.92 Å². The van der Waals surface area contributed by atoms with Crippen LogP contribution in [0.15, 0.2) is 48.0 Å². The fourth-order valence-corrected chi connectivity index (χ4v) is 4.75. The van der Waals surface area contributed by atoms with Crippen LogP contribution in [0.1, 0.15) is 49.7 Å². The molecule has 0 radical (unpaired) electrons. The van der Waals surface area contributed by atoms with Gasteiger partial charge in [-0.3, -0.25) is 0 Å². The molecule has 0 saturated heterocycles. The van der Waals surface area contributed by atoms with Gasteiger partial charge in [-0.25, -0.2) is 4.79 Å². The Morgan fingerprint density at radius 1 is 0.906 bits per heavy atom. The molecule has 1 fully saturated rings. The molecule has 0 spiro atoms. The lowest BCUT2D eigenvalue weighted by Crippen LogP contribution is -2.30. The van der Waals surface area contributed by atoms with E-state index in [1.54, 1.807) is 63.8 Å². The molecule has 2 aliphatic rings. The molecule has 4 rings (SSSR count). The van der Waals surface area contributed by atoms with Gasteiger partial charge in [0.25, 0.3) is 5.79 Å². The third kappa shape index (κ3) is 4.19. The summed E-state index contributed by atoms with van der Waals surface area (Å²) >= 11 is 0. The molecule has 0 bridgehead atoms. The summed E-state index contributed by atoms with van der Waals surface area (Å²) in [5.41, 5.74) is 2.09. The monoisotopic (exact) mass is 438 g/mol. The molecule has 1 aliphatic carbocycles. The van der Waals surface area contributed by atoms with E-state index >= 15 is 0 Å². The first-order valence-corrected chi connectivity index (χ1v) is 11.1. The smallest absolute Gasteiger partial charge is 0.341 e. The first-order chi connectivity index (χ1) is 15.5. The second-order valence-corrected chi connectivity index (χ2v) is 8.43. The van der Waals surface area contributed by atoms with Crippen LogP contribution in [0.2, 0.25) is 0 Å². The zero-order chi connectivity index (χ0) is 22.7. The van der Waals surface area contributed by atoms with Crippen LogP contribution >= 0.6 is 0 Å². The van der Waals surface area contributed by atoms with E-state index in [4.69, 9.17) is 18.9 Å². The molecule has 1 N–H and O–H groups in total. The Morgan fingerprint density at radius 3 is 2.06 bits per heavy atom. The fourth-order valence-electron chi connectivity index (χ4n) is 4.75. The van der Waals surface area contributed by atoms with Crippen LogP contribution in [0, 0.1) is 5.92 Å². The molecule has 1 aliphatic heterocycles. The van der Waals surface area contributed by atoms with Crippen molar-refractivity contribution in [1.82, 2.24) is 0 Å². The van der Waals surface area contributed by atoms with E-state index in [0.29, 0.717) is 51.9 Å². The molecule has 1 heterocycles. The maximum Gasteiger partial charge on any atom is 0.341 e. The van der Waals surface area contributed by atoms with Gasteiger partial charge in [-0.05, 0) is 54.3 Å². The number of ether oxygens (including phenoxy) is 4. The molecule has 0 unspecified atom stereocenters. The van der Waals surface area contributed by atoms with Crippen molar-refractivity contribution in [2.75, 3.05) is 21.3 Å². The molecule has 2 aromatic carbocycles. The van der Waals surface area contributed by atoms with Crippen molar-refractivity contribution in [3.05, 3.63) is 59.2 Å². The normalized spacial score (nSPS) is 21.4. The van der Waals surface area contributed by atoms with Gasteiger partial charge in [0.1, 0.15) is 17.2 Å². The largest absolute Gasteiger partial charge is 0.497 e. The molecular weight excluding hydrogens is 408 g/mol. The predicted molar refractivity (Wildman–Crippen MR) is 121 cm³/mol. The Bertz CT molecular complexity index is 981. The Kier molecular flexibility index (Phi) is 6.42. The Morgan fingerprint density at radius 2 is 1.50 bits per heavy atom. The lowest BCUT2D eigenvalue weighted by atomic mass is 9.80. The molecule has 32 heavy (non-hydrogen) atoms. The highest BCUT2D eigenvalue weighted by Gasteiger charge is 2.48. The Hall–Kier alpha value is -2.99. The minimum Gasteiger partial charge on any atom is -0.497 e. The van der Waals surface area contributed by atoms with Gasteiger partial charge in [0, 0.05) is 17.2 Å². The van der Waals surface area contributed by atoms with Crippen molar-refractivity contribution in [3.63, 3.8) is 0 Å². The van der Waals surface area contributed by atoms with E-state index < -0.39 is 11.8 Å². The van der Waals surface area contributed by atoms with E-state index in [1.165, 1.54) is 6.42 Å². The van der Waals surface area contributed by atoms with E-state index in [1.807, 2.05) is 0 Å². The summed E-state index contributed by atoms with van der Waals surface area (Å²) in [6, 6.07) is 12.3. The summed E-state index contributed by atoms with van der Waals surface area (Å²) < 4.78 is 21.8. The van der Waals surface area contributed by atoms with Crippen LogP contribution in [0.25, 0.3) is 5.57 Å². The summed E-state index contributed by atoms with van der Waals surface area (Å²) in [4.78, 5) is 13.2. The lowest BCUT2D eigenvalue weighted by molar-refractivity contribution is -0.185. The first kappa shape index (κ1) is 22.2. The minimum absolute atomic E-state index is 0.381. The molecule has 170 valence electrons. The SMILES string of the molecule is COc1ccc([C@]2(O)OC(=O)C(c3cc(OC)cc(OC)c3)=C2CC2CCCCC2)cc1. The van der Waals surface area contributed by atoms with E-state index in [9.17, 15) is 9.90 Å². The lowest BCUT2D eigenvalue weighted by Gasteiger charge is -2.29. The van der Waals surface area contributed by atoms with Gasteiger partial charge in [-0.1, -0.05) is 32.1 Å². The minimum atomic E-state index is -1.83. The van der Waals surface area contributed by atoms with Crippen LogP contribution in [-0.2, 0) is 15.3 Å². The van der Waals surface area contributed by atoms with Crippen molar-refractivity contribution in [2.45, 2.75) is 44.3 Å². The summed E-state index contributed by atoms with van der Waals surface area (Å²) in [7, 11) is 4.72. The maximum atomic E-state index is 13.2. The van der Waals surface area contributed by atoms with Crippen molar-refractivity contribution < 1.29 is 28.8 Å². The zero-order valence-corrected chi connectivity index (χ0v) is 18.8. The average Bonchev–Trinajstić information content (AvgIpc) is 3.09. The van der Waals surface area contributed by atoms with Gasteiger partial charge < -0.3 is 24.1 Å². The van der Waals surface area contributed by atoms with Gasteiger partial charge in [0.2, 0.25) is 0 Å². The van der Waals surface area contributed by atoms with Crippen molar-refractivity contribution in [1.29, 1.82) is 0 Å². The number of hydrogen-bond donors (Lipinski definition) is 1. The molecule has 0 aromatic heterocycles. The topological polar surface area (TPSA) is 74.2 Å². The van der Waals surface area contributed by atoms with Crippen LogP contribution in [0.3, 0.4) is 0 Å². The number of hydrogen-bond acceptors (Lipinski definition) is 6. The molecule has 1 atom stereocenters. The second-order valence-electron chi connectivity index (χ2n) is 8.43. The Labute approximate surface area is 188 Å². The van der Waals surface area contributed by atoms with Crippen LogP contribution < -0.4 is 14.2 Å². The number of carbonyl (C=O) groups excluding carboxylic acids is 1. The standard InChI is InChI=1S/C26H30O6/c1-29-20-11-9-19(10-12-20)26(28)23(13-17-7-5-4-6-8-17)24(25(27)32-26)18-14-21(30-2)16-22(15-18)31-3/h9-12,14-17,28H,4-8,13H2,1-3H3/t26-/m0/s1. The molecule has 2 aromatic rings. The predicted octanol–water partition coefficient (Wildman–Crippen LogP) is 4.84. The zero-order valence-electron chi connectivity index (χ0n) is 18.8. The number of rotatable bonds is 7. The number of aliphatic hydroxyl groups is 1. The van der Waals surface area contributed by atoms with Crippen LogP contribution in [0.5, 0.6) is 17.2 Å². The van der Waals surface area contributed by atoms with Crippen LogP contribution in [-0.4, -0.2) is 32.4 Å². The van der Waals surface area contributed by atoms with Crippen molar-refractivity contribution >= 4 is 11.5 Å². The summed E-state index contributed by atoms with van der Waals surface area (Å²) in [6.45, 7) is 0. The van der Waals surface area contributed by atoms with Crippen LogP contribution in [0.4, 0.5) is 0 Å². The third-order valence-electron chi connectivity index (χ3n) is 6.49. The number of cyclic esters (lactones) is 1. The molecule has 1 saturated carbocycles. The molecule has 0 amide bonds. The average molecular weight is 439 g/mol. The second kappa shape index (κ2) is 9.25. The summed E-state index contributed by atoms with van der Waals surface area (Å²) in [5, 5.41) is 11.8. The number of carbonyl (C=O) groups is 1. The summed E-state index contributed by atoms with van der Waals surface area (Å²) in [5.74, 6) is -0.192. The highest BCUT2D eigenvalue weighted by molar-refractivity contribution is 6.20. The molecule has 6 nitrogen and oxygen atoms in total. The summed E-state index contributed by atoms with van der Waals surface area (Å²) in [6.07, 6.45) is 6.29.